The van der Waals surface area contributed by atoms with Gasteiger partial charge in [-0.15, -0.1) is 22.7 Å². The second kappa shape index (κ2) is 8.03. The molecule has 4 heterocycles. The number of aromatic nitrogens is 3. The van der Waals surface area contributed by atoms with Crippen LogP contribution in [0.4, 0.5) is 9.93 Å². The molecule has 1 aliphatic heterocycles. The van der Waals surface area contributed by atoms with Crippen molar-refractivity contribution >= 4 is 39.7 Å². The molecule has 1 fully saturated rings. The van der Waals surface area contributed by atoms with Gasteiger partial charge in [0.25, 0.3) is 0 Å². The second-order valence-corrected chi connectivity index (χ2v) is 8.01. The van der Waals surface area contributed by atoms with E-state index in [2.05, 4.69) is 25.6 Å². The minimum atomic E-state index is -0.203. The number of carbonyl (C=O) groups is 2. The number of carbonyl (C=O) groups excluding carboxylic acids is 2. The molecular formula is C18H18N6O2S2. The quantitative estimate of drug-likeness (QED) is 0.646. The van der Waals surface area contributed by atoms with E-state index in [1.165, 1.54) is 22.7 Å². The standard InChI is InChI=1S/C18H18N6O2S2/c1-11(16-23-14(10-27-16)12-3-2-4-19-8-12)21-15(25)7-13-9-28-18(22-13)24-6-5-20-17(24)26/h2-4,8-11H,5-7H2,1H3,(H,20,26)(H,21,25). The molecule has 3 amide bonds. The van der Waals surface area contributed by atoms with E-state index in [9.17, 15) is 9.59 Å². The van der Waals surface area contributed by atoms with Crippen LogP contribution in [0.5, 0.6) is 0 Å². The molecule has 0 radical (unpaired) electrons. The summed E-state index contributed by atoms with van der Waals surface area (Å²) in [7, 11) is 0. The number of thiazole rings is 2. The molecule has 1 aliphatic rings. The van der Waals surface area contributed by atoms with Crippen LogP contribution in [0.3, 0.4) is 0 Å². The summed E-state index contributed by atoms with van der Waals surface area (Å²) < 4.78 is 0. The molecule has 0 aliphatic carbocycles. The van der Waals surface area contributed by atoms with E-state index >= 15 is 0 Å². The normalized spacial score (nSPS) is 14.8. The second-order valence-electron chi connectivity index (χ2n) is 6.28. The number of urea groups is 1. The van der Waals surface area contributed by atoms with E-state index in [0.717, 1.165) is 16.3 Å². The number of anilines is 1. The predicted molar refractivity (Wildman–Crippen MR) is 108 cm³/mol. The molecule has 144 valence electrons. The van der Waals surface area contributed by atoms with Crippen molar-refractivity contribution in [3.05, 3.63) is 46.0 Å². The van der Waals surface area contributed by atoms with Crippen molar-refractivity contribution in [1.29, 1.82) is 0 Å². The zero-order valence-electron chi connectivity index (χ0n) is 15.1. The van der Waals surface area contributed by atoms with Gasteiger partial charge in [0.15, 0.2) is 5.13 Å². The fourth-order valence-electron chi connectivity index (χ4n) is 2.81. The Kier molecular flexibility index (Phi) is 5.31. The lowest BCUT2D eigenvalue weighted by atomic mass is 10.2. The summed E-state index contributed by atoms with van der Waals surface area (Å²) in [4.78, 5) is 38.8. The summed E-state index contributed by atoms with van der Waals surface area (Å²) in [5, 5.41) is 10.9. The average Bonchev–Trinajstić information content (AvgIpc) is 3.43. The average molecular weight is 415 g/mol. The number of hydrogen-bond acceptors (Lipinski definition) is 7. The molecule has 1 unspecified atom stereocenters. The minimum absolute atomic E-state index is 0.131. The fraction of sp³-hybridized carbons (Fsp3) is 0.278. The molecule has 10 heteroatoms. The summed E-state index contributed by atoms with van der Waals surface area (Å²) in [6, 6.07) is 3.47. The maximum atomic E-state index is 12.4. The van der Waals surface area contributed by atoms with Crippen LogP contribution in [-0.2, 0) is 11.2 Å². The number of nitrogens with zero attached hydrogens (tertiary/aromatic N) is 4. The van der Waals surface area contributed by atoms with Crippen LogP contribution in [0.15, 0.2) is 35.3 Å². The topological polar surface area (TPSA) is 100 Å². The van der Waals surface area contributed by atoms with Crippen molar-refractivity contribution < 1.29 is 9.59 Å². The van der Waals surface area contributed by atoms with Crippen molar-refractivity contribution in [2.75, 3.05) is 18.0 Å². The first-order valence-corrected chi connectivity index (χ1v) is 10.5. The van der Waals surface area contributed by atoms with E-state index in [0.29, 0.717) is 23.9 Å². The van der Waals surface area contributed by atoms with E-state index in [-0.39, 0.29) is 24.4 Å². The van der Waals surface area contributed by atoms with E-state index in [4.69, 9.17) is 0 Å². The molecule has 1 atom stereocenters. The van der Waals surface area contributed by atoms with Gasteiger partial charge in [-0.1, -0.05) is 0 Å². The third-order valence-corrected chi connectivity index (χ3v) is 6.14. The van der Waals surface area contributed by atoms with Crippen LogP contribution in [0.2, 0.25) is 0 Å². The summed E-state index contributed by atoms with van der Waals surface area (Å²) in [5.41, 5.74) is 2.45. The van der Waals surface area contributed by atoms with Crippen LogP contribution in [0, 0.1) is 0 Å². The predicted octanol–water partition coefficient (Wildman–Crippen LogP) is 2.61. The highest BCUT2D eigenvalue weighted by Gasteiger charge is 2.24. The first-order chi connectivity index (χ1) is 13.6. The molecular weight excluding hydrogens is 396 g/mol. The van der Waals surface area contributed by atoms with Crippen LogP contribution in [0.25, 0.3) is 11.3 Å². The molecule has 0 bridgehead atoms. The van der Waals surface area contributed by atoms with Crippen molar-refractivity contribution in [3.63, 3.8) is 0 Å². The number of nitrogens with one attached hydrogen (secondary N) is 2. The van der Waals surface area contributed by atoms with Crippen molar-refractivity contribution in [2.45, 2.75) is 19.4 Å². The third-order valence-electron chi connectivity index (χ3n) is 4.20. The minimum Gasteiger partial charge on any atom is -0.347 e. The Morgan fingerprint density at radius 3 is 3.00 bits per heavy atom. The molecule has 28 heavy (non-hydrogen) atoms. The van der Waals surface area contributed by atoms with Gasteiger partial charge in [-0.2, -0.15) is 0 Å². The lowest BCUT2D eigenvalue weighted by molar-refractivity contribution is -0.121. The largest absolute Gasteiger partial charge is 0.347 e. The Hall–Kier alpha value is -2.85. The lowest BCUT2D eigenvalue weighted by Gasteiger charge is -2.11. The molecule has 3 aromatic heterocycles. The molecule has 0 spiro atoms. The van der Waals surface area contributed by atoms with E-state index in [1.54, 1.807) is 17.3 Å². The van der Waals surface area contributed by atoms with E-state index < -0.39 is 0 Å². The highest BCUT2D eigenvalue weighted by molar-refractivity contribution is 7.14. The van der Waals surface area contributed by atoms with Crippen LogP contribution in [-0.4, -0.2) is 40.0 Å². The van der Waals surface area contributed by atoms with Gasteiger partial charge in [-0.05, 0) is 19.1 Å². The maximum Gasteiger partial charge on any atom is 0.323 e. The summed E-state index contributed by atoms with van der Waals surface area (Å²) in [6.45, 7) is 3.11. The Morgan fingerprint density at radius 1 is 1.36 bits per heavy atom. The Bertz CT molecular complexity index is 987. The molecule has 8 nitrogen and oxygen atoms in total. The number of rotatable bonds is 6. The lowest BCUT2D eigenvalue weighted by Crippen LogP contribution is -2.29. The zero-order chi connectivity index (χ0) is 19.5. The fourth-order valence-corrected chi connectivity index (χ4v) is 4.49. The highest BCUT2D eigenvalue weighted by Crippen LogP contribution is 2.25. The van der Waals surface area contributed by atoms with Gasteiger partial charge in [0.05, 0.1) is 23.9 Å². The molecule has 0 saturated carbocycles. The summed E-state index contributed by atoms with van der Waals surface area (Å²) in [5.74, 6) is -0.131. The van der Waals surface area contributed by atoms with Crippen LogP contribution >= 0.6 is 22.7 Å². The maximum absolute atomic E-state index is 12.4. The smallest absolute Gasteiger partial charge is 0.323 e. The van der Waals surface area contributed by atoms with Gasteiger partial charge in [0, 0.05) is 41.8 Å². The van der Waals surface area contributed by atoms with Crippen molar-refractivity contribution in [1.82, 2.24) is 25.6 Å². The highest BCUT2D eigenvalue weighted by atomic mass is 32.1. The van der Waals surface area contributed by atoms with Gasteiger partial charge >= 0.3 is 6.03 Å². The number of amides is 3. The number of hydrogen-bond donors (Lipinski definition) is 2. The van der Waals surface area contributed by atoms with Gasteiger partial charge in [-0.3, -0.25) is 14.7 Å². The van der Waals surface area contributed by atoms with Crippen molar-refractivity contribution in [3.8, 4) is 11.3 Å². The first-order valence-electron chi connectivity index (χ1n) is 8.75. The summed E-state index contributed by atoms with van der Waals surface area (Å²) in [6.07, 6.45) is 3.65. The SMILES string of the molecule is CC(NC(=O)Cc1csc(N2CCNC2=O)n1)c1nc(-c2cccnc2)cs1. The third kappa shape index (κ3) is 4.02. The van der Waals surface area contributed by atoms with Gasteiger partial charge in [0.2, 0.25) is 5.91 Å². The van der Waals surface area contributed by atoms with Gasteiger partial charge in [0.1, 0.15) is 5.01 Å². The molecule has 3 aromatic rings. The molecule has 1 saturated heterocycles. The van der Waals surface area contributed by atoms with Gasteiger partial charge in [-0.25, -0.2) is 14.8 Å². The first kappa shape index (κ1) is 18.5. The van der Waals surface area contributed by atoms with Gasteiger partial charge < -0.3 is 10.6 Å². The zero-order valence-corrected chi connectivity index (χ0v) is 16.7. The summed E-state index contributed by atoms with van der Waals surface area (Å²) >= 11 is 2.87. The van der Waals surface area contributed by atoms with Crippen LogP contribution in [0.1, 0.15) is 23.7 Å². The Morgan fingerprint density at radius 2 is 2.25 bits per heavy atom. The van der Waals surface area contributed by atoms with Crippen LogP contribution < -0.4 is 15.5 Å². The molecule has 4 rings (SSSR count). The molecule has 0 aromatic carbocycles. The monoisotopic (exact) mass is 414 g/mol. The number of pyridine rings is 1. The molecule has 2 N–H and O–H groups in total. The Balaban J connectivity index is 1.36. The Labute approximate surface area is 169 Å². The van der Waals surface area contributed by atoms with Crippen molar-refractivity contribution in [2.24, 2.45) is 0 Å². The van der Waals surface area contributed by atoms with E-state index in [1.807, 2.05) is 29.8 Å².